The highest BCUT2D eigenvalue weighted by Crippen LogP contribution is 2.19. The van der Waals surface area contributed by atoms with Crippen molar-refractivity contribution in [1.29, 1.82) is 0 Å². The third-order valence-electron chi connectivity index (χ3n) is 3.05. The Balaban J connectivity index is 6.26. The normalized spacial score (nSPS) is 16.0. The predicted octanol–water partition coefficient (Wildman–Crippen LogP) is -0.0250. The molecule has 13 heteroatoms. The first-order valence-electron chi connectivity index (χ1n) is 10.6. The van der Waals surface area contributed by atoms with Crippen LogP contribution >= 0.6 is 0 Å². The molecule has 162 valence electrons. The Labute approximate surface area is 171 Å². The van der Waals surface area contributed by atoms with Crippen molar-refractivity contribution in [1.82, 2.24) is 0 Å². The molecular formula is C16H23N3O10. The number of aliphatic hydroxyl groups is 1. The van der Waals surface area contributed by atoms with Crippen LogP contribution < -0.4 is 0 Å². The average molecular weight is 421 g/mol. The molecule has 0 aromatic rings. The number of hydrogen-bond donors (Lipinski definition) is 1. The molecule has 0 saturated carbocycles. The molecule has 0 unspecified atom stereocenters. The van der Waals surface area contributed by atoms with Crippen LogP contribution in [-0.4, -0.2) is 72.3 Å². The van der Waals surface area contributed by atoms with Crippen LogP contribution in [0.25, 0.3) is 10.4 Å². The lowest BCUT2D eigenvalue weighted by Crippen LogP contribution is -2.54. The van der Waals surface area contributed by atoms with E-state index in [0.717, 1.165) is 0 Å². The second-order valence-electron chi connectivity index (χ2n) is 5.24. The van der Waals surface area contributed by atoms with E-state index >= 15 is 0 Å². The smallest absolute Gasteiger partial charge is 0.303 e. The number of aliphatic hydroxyl groups excluding tert-OH is 1. The number of carbonyl (C=O) groups is 5. The number of carbonyl (C=O) groups excluding carboxylic acids is 5. The van der Waals surface area contributed by atoms with Crippen LogP contribution in [0.15, 0.2) is 5.11 Å². The van der Waals surface area contributed by atoms with Crippen LogP contribution in [0, 0.1) is 0 Å². The van der Waals surface area contributed by atoms with Crippen molar-refractivity contribution in [3.05, 3.63) is 10.4 Å². The molecule has 0 aliphatic heterocycles. The van der Waals surface area contributed by atoms with Crippen molar-refractivity contribution < 1.29 is 53.5 Å². The Morgan fingerprint density at radius 1 is 0.966 bits per heavy atom. The summed E-state index contributed by atoms with van der Waals surface area (Å²) in [4.78, 5) is 61.6. The summed E-state index contributed by atoms with van der Waals surface area (Å²) in [5, 5.41) is 13.6. The Morgan fingerprint density at radius 3 is 2.07 bits per heavy atom. The van der Waals surface area contributed by atoms with Gasteiger partial charge in [-0.25, -0.2) is 0 Å². The second-order valence-corrected chi connectivity index (χ2v) is 5.24. The van der Waals surface area contributed by atoms with Crippen molar-refractivity contribution in [2.24, 2.45) is 5.11 Å². The van der Waals surface area contributed by atoms with E-state index in [2.05, 4.69) is 14.8 Å². The SMILES string of the molecule is [2H]CC(=O)OC[C@@H](O)[C@@H](OC(=O)C[2H])[C@H](OC(=O)C[2H])[C@@H](OC(=O)C[2H])C(=O)CCN=[N+]=[N-]. The van der Waals surface area contributed by atoms with Gasteiger partial charge in [0.1, 0.15) is 12.7 Å². The molecule has 0 saturated heterocycles. The Bertz CT molecular complexity index is 750. The fraction of sp³-hybridized carbons (Fsp3) is 0.688. The van der Waals surface area contributed by atoms with Gasteiger partial charge in [0.2, 0.25) is 6.10 Å². The van der Waals surface area contributed by atoms with Crippen molar-refractivity contribution >= 4 is 29.7 Å². The van der Waals surface area contributed by atoms with Gasteiger partial charge in [0, 0.05) is 51.0 Å². The van der Waals surface area contributed by atoms with Gasteiger partial charge in [-0.1, -0.05) is 5.11 Å². The summed E-state index contributed by atoms with van der Waals surface area (Å²) in [6.07, 6.45) is -8.77. The van der Waals surface area contributed by atoms with Gasteiger partial charge >= 0.3 is 23.9 Å². The molecule has 0 aromatic heterocycles. The van der Waals surface area contributed by atoms with Crippen LogP contribution in [0.2, 0.25) is 0 Å². The monoisotopic (exact) mass is 421 g/mol. The molecule has 0 aliphatic carbocycles. The van der Waals surface area contributed by atoms with Crippen LogP contribution in [-0.2, 0) is 42.9 Å². The molecule has 0 rings (SSSR count). The van der Waals surface area contributed by atoms with Gasteiger partial charge in [0.15, 0.2) is 18.0 Å². The summed E-state index contributed by atoms with van der Waals surface area (Å²) in [5.74, 6) is -5.94. The number of esters is 4. The third kappa shape index (κ3) is 10.7. The molecule has 0 spiro atoms. The first-order chi connectivity index (χ1) is 15.6. The topological polar surface area (TPSA) is 191 Å². The highest BCUT2D eigenvalue weighted by atomic mass is 16.6. The first kappa shape index (κ1) is 19.2. The zero-order chi connectivity index (χ0) is 25.4. The van der Waals surface area contributed by atoms with E-state index in [1.54, 1.807) is 0 Å². The summed E-state index contributed by atoms with van der Waals surface area (Å²) in [6, 6.07) is 0. The number of hydrogen-bond acceptors (Lipinski definition) is 11. The molecular weight excluding hydrogens is 394 g/mol. The quantitative estimate of drug-likeness (QED) is 0.147. The predicted molar refractivity (Wildman–Crippen MR) is 92.9 cm³/mol. The van der Waals surface area contributed by atoms with E-state index in [9.17, 15) is 29.1 Å². The molecule has 4 atom stereocenters. The molecule has 0 radical (unpaired) electrons. The van der Waals surface area contributed by atoms with E-state index in [1.807, 2.05) is 0 Å². The number of ether oxygens (including phenoxy) is 4. The van der Waals surface area contributed by atoms with Crippen LogP contribution in [0.3, 0.4) is 0 Å². The Morgan fingerprint density at radius 2 is 1.52 bits per heavy atom. The van der Waals surface area contributed by atoms with E-state index < -0.39 is 101 Å². The summed E-state index contributed by atoms with van der Waals surface area (Å²) < 4.78 is 47.4. The molecule has 1 N–H and O–H groups in total. The molecule has 0 bridgehead atoms. The third-order valence-corrected chi connectivity index (χ3v) is 3.05. The standard InChI is InChI=1S/C16H23N3O10/c1-8(20)26-7-13(25)15(28-10(3)22)16(29-11(4)23)14(27-9(2)21)12(24)5-6-18-19-17/h13-16,25H,5-7H2,1-4H3/t13-,14+,15-,16-/m1/s1/i1D,2D,3D,4D. The maximum absolute atomic E-state index is 12.6. The largest absolute Gasteiger partial charge is 0.463 e. The van der Waals surface area contributed by atoms with E-state index in [-0.39, 0.29) is 0 Å². The van der Waals surface area contributed by atoms with Gasteiger partial charge in [0.25, 0.3) is 0 Å². The first-order valence-corrected chi connectivity index (χ1v) is 7.77. The minimum Gasteiger partial charge on any atom is -0.463 e. The molecule has 0 amide bonds. The minimum atomic E-state index is -2.09. The van der Waals surface area contributed by atoms with Crippen molar-refractivity contribution in [2.75, 3.05) is 13.2 Å². The molecule has 0 fully saturated rings. The van der Waals surface area contributed by atoms with Crippen molar-refractivity contribution in [3.8, 4) is 0 Å². The highest BCUT2D eigenvalue weighted by Gasteiger charge is 2.44. The van der Waals surface area contributed by atoms with Crippen LogP contribution in [0.5, 0.6) is 0 Å². The fourth-order valence-electron chi connectivity index (χ4n) is 2.05. The van der Waals surface area contributed by atoms with Gasteiger partial charge in [-0.05, 0) is 5.53 Å². The lowest BCUT2D eigenvalue weighted by Gasteiger charge is -2.33. The summed E-state index contributed by atoms with van der Waals surface area (Å²) in [7, 11) is 0. The van der Waals surface area contributed by atoms with Gasteiger partial charge in [0.05, 0.1) is 0 Å². The second kappa shape index (κ2) is 13.1. The lowest BCUT2D eigenvalue weighted by molar-refractivity contribution is -0.197. The van der Waals surface area contributed by atoms with E-state index in [1.165, 1.54) is 0 Å². The minimum absolute atomic E-state index is 0.412. The van der Waals surface area contributed by atoms with Crippen molar-refractivity contribution in [3.63, 3.8) is 0 Å². The molecule has 0 heterocycles. The van der Waals surface area contributed by atoms with E-state index in [0.29, 0.717) is 0 Å². The number of nitrogens with zero attached hydrogens (tertiary/aromatic N) is 3. The van der Waals surface area contributed by atoms with Gasteiger partial charge in [-0.15, -0.1) is 0 Å². The summed E-state index contributed by atoms with van der Waals surface area (Å²) in [6.45, 7) is -5.08. The molecule has 13 nitrogen and oxygen atoms in total. The van der Waals surface area contributed by atoms with Gasteiger partial charge < -0.3 is 24.1 Å². The number of rotatable bonds is 12. The Kier molecular flexibility index (Phi) is 8.63. The van der Waals surface area contributed by atoms with Crippen molar-refractivity contribution in [2.45, 2.75) is 58.4 Å². The zero-order valence-corrected chi connectivity index (χ0v) is 15.2. The van der Waals surface area contributed by atoms with E-state index in [4.69, 9.17) is 25.2 Å². The highest BCUT2D eigenvalue weighted by molar-refractivity contribution is 5.86. The number of Topliss-reactive ketones (excluding diaryl/α,β-unsaturated/α-hetero) is 1. The van der Waals surface area contributed by atoms with Gasteiger partial charge in [-0.2, -0.15) is 0 Å². The van der Waals surface area contributed by atoms with Crippen LogP contribution in [0.1, 0.15) is 39.5 Å². The number of ketones is 1. The molecule has 0 aromatic carbocycles. The summed E-state index contributed by atoms with van der Waals surface area (Å²) in [5.41, 5.74) is 8.36. The average Bonchev–Trinajstić information content (AvgIpc) is 2.82. The molecule has 0 aliphatic rings. The van der Waals surface area contributed by atoms with Crippen LogP contribution in [0.4, 0.5) is 0 Å². The Hall–Kier alpha value is -3.18. The maximum atomic E-state index is 12.6. The van der Waals surface area contributed by atoms with Gasteiger partial charge in [-0.3, -0.25) is 24.0 Å². The number of azide groups is 1. The fourth-order valence-corrected chi connectivity index (χ4v) is 2.05. The maximum Gasteiger partial charge on any atom is 0.303 e. The summed E-state index contributed by atoms with van der Waals surface area (Å²) >= 11 is 0. The lowest BCUT2D eigenvalue weighted by atomic mass is 9.98. The zero-order valence-electron chi connectivity index (χ0n) is 19.2. The molecule has 29 heavy (non-hydrogen) atoms.